The number of nitrogens with zero attached hydrogens (tertiary/aromatic N) is 8. The van der Waals surface area contributed by atoms with Gasteiger partial charge in [0, 0.05) is 69.3 Å². The van der Waals surface area contributed by atoms with Gasteiger partial charge in [-0.1, -0.05) is 29.4 Å². The molecule has 0 aliphatic carbocycles. The predicted octanol–water partition coefficient (Wildman–Crippen LogP) is 4.65. The fraction of sp³-hybridized carbons (Fsp3) is 0.417. The van der Waals surface area contributed by atoms with Crippen LogP contribution in [0.15, 0.2) is 40.8 Å². The van der Waals surface area contributed by atoms with Crippen LogP contribution in [0.4, 0.5) is 17.5 Å². The van der Waals surface area contributed by atoms with Crippen molar-refractivity contribution >= 4 is 50.7 Å². The second kappa shape index (κ2) is 10.7. The van der Waals surface area contributed by atoms with Gasteiger partial charge in [-0.2, -0.15) is 4.98 Å². The number of rotatable bonds is 8. The molecule has 4 rings (SSSR count). The first-order valence-corrected chi connectivity index (χ1v) is 12.4. The maximum absolute atomic E-state index is 13.0. The average Bonchev–Trinajstić information content (AvgIpc) is 3.35. The number of benzene rings is 1. The second-order valence-electron chi connectivity index (χ2n) is 8.71. The number of aromatic nitrogens is 2. The van der Waals surface area contributed by atoms with E-state index in [2.05, 4.69) is 14.9 Å². The zero-order valence-electron chi connectivity index (χ0n) is 20.1. The molecule has 2 aromatic heterocycles. The Morgan fingerprint density at radius 2 is 1.86 bits per heavy atom. The minimum Gasteiger partial charge on any atom is -0.356 e. The molecule has 0 radical (unpaired) electrons. The van der Waals surface area contributed by atoms with Crippen LogP contribution in [0.2, 0.25) is 0 Å². The number of carbonyl (C=O) groups excluding carboxylic acids is 2. The summed E-state index contributed by atoms with van der Waals surface area (Å²) in [6.45, 7) is 4.22. The maximum Gasteiger partial charge on any atom is 0.228 e. The molecule has 1 aliphatic rings. The Hall–Kier alpha value is -3.69. The second-order valence-corrected chi connectivity index (χ2v) is 9.61. The molecule has 1 aromatic carbocycles. The predicted molar refractivity (Wildman–Crippen MR) is 139 cm³/mol. The number of hydrogen-bond donors (Lipinski definition) is 0. The normalized spacial score (nSPS) is 14.0. The molecule has 3 heterocycles. The summed E-state index contributed by atoms with van der Waals surface area (Å²) in [7, 11) is 3.72. The number of carbonyl (C=O) groups is 2. The van der Waals surface area contributed by atoms with Gasteiger partial charge in [0.25, 0.3) is 0 Å². The number of amides is 1. The average molecular weight is 493 g/mol. The highest BCUT2D eigenvalue weighted by Gasteiger charge is 2.28. The molecule has 0 unspecified atom stereocenters. The van der Waals surface area contributed by atoms with Crippen LogP contribution in [-0.2, 0) is 4.79 Å². The number of likely N-dealkylation sites (N-methyl/N-ethyl adjacent to an activating group) is 2. The molecule has 10 nitrogen and oxygen atoms in total. The van der Waals surface area contributed by atoms with Gasteiger partial charge in [-0.3, -0.25) is 9.59 Å². The highest BCUT2D eigenvalue weighted by molar-refractivity contribution is 7.16. The molecule has 35 heavy (non-hydrogen) atoms. The van der Waals surface area contributed by atoms with Crippen LogP contribution in [-0.4, -0.2) is 66.8 Å². The lowest BCUT2D eigenvalue weighted by molar-refractivity contribution is -0.127. The highest BCUT2D eigenvalue weighted by atomic mass is 32.1. The van der Waals surface area contributed by atoms with Crippen LogP contribution in [0.5, 0.6) is 0 Å². The molecule has 0 atom stereocenters. The lowest BCUT2D eigenvalue weighted by Gasteiger charge is -2.33. The zero-order valence-corrected chi connectivity index (χ0v) is 20.9. The lowest BCUT2D eigenvalue weighted by Crippen LogP contribution is -2.37. The van der Waals surface area contributed by atoms with E-state index in [9.17, 15) is 9.59 Å². The summed E-state index contributed by atoms with van der Waals surface area (Å²) in [4.78, 5) is 43.8. The van der Waals surface area contributed by atoms with E-state index in [1.165, 1.54) is 0 Å². The molecule has 11 heteroatoms. The van der Waals surface area contributed by atoms with Crippen molar-refractivity contribution in [2.45, 2.75) is 19.8 Å². The van der Waals surface area contributed by atoms with Gasteiger partial charge in [-0.05, 0) is 29.8 Å². The molecule has 0 saturated carbocycles. The number of thiophene rings is 1. The van der Waals surface area contributed by atoms with Crippen molar-refractivity contribution in [1.82, 2.24) is 14.9 Å². The highest BCUT2D eigenvalue weighted by Crippen LogP contribution is 2.33. The van der Waals surface area contributed by atoms with E-state index in [0.717, 1.165) is 42.0 Å². The van der Waals surface area contributed by atoms with Crippen LogP contribution in [0.1, 0.15) is 30.1 Å². The minimum absolute atomic E-state index is 0.0257. The topological polar surface area (TPSA) is 118 Å². The van der Waals surface area contributed by atoms with Gasteiger partial charge in [0.2, 0.25) is 11.9 Å². The Morgan fingerprint density at radius 3 is 2.51 bits per heavy atom. The van der Waals surface area contributed by atoms with Gasteiger partial charge < -0.3 is 14.7 Å². The Kier molecular flexibility index (Phi) is 7.48. The first kappa shape index (κ1) is 24.4. The van der Waals surface area contributed by atoms with Crippen molar-refractivity contribution in [3.05, 3.63) is 51.7 Å². The molecular formula is C24H28N8O2S. The third-order valence-corrected chi connectivity index (χ3v) is 7.23. The summed E-state index contributed by atoms with van der Waals surface area (Å²) in [6, 6.07) is 8.84. The first-order valence-electron chi connectivity index (χ1n) is 11.5. The molecule has 1 fully saturated rings. The number of fused-ring (bicyclic) bond motifs is 1. The summed E-state index contributed by atoms with van der Waals surface area (Å²) < 4.78 is 0. The number of ketones is 1. The molecule has 0 spiro atoms. The fourth-order valence-electron chi connectivity index (χ4n) is 4.13. The summed E-state index contributed by atoms with van der Waals surface area (Å²) in [6.07, 6.45) is 1.47. The minimum atomic E-state index is -0.0550. The number of hydrogen-bond acceptors (Lipinski definition) is 8. The van der Waals surface area contributed by atoms with Gasteiger partial charge in [0.1, 0.15) is 10.6 Å². The Balaban J connectivity index is 1.46. The van der Waals surface area contributed by atoms with E-state index >= 15 is 0 Å². The molecular weight excluding hydrogens is 464 g/mol. The number of Topliss-reactive ketones (excluding diaryl/α,β-unsaturated/α-hetero) is 1. The van der Waals surface area contributed by atoms with Gasteiger partial charge in [0.05, 0.1) is 5.39 Å². The Labute approximate surface area is 207 Å². The van der Waals surface area contributed by atoms with Gasteiger partial charge >= 0.3 is 0 Å². The summed E-state index contributed by atoms with van der Waals surface area (Å²) >= 11 is 1.58. The van der Waals surface area contributed by atoms with Crippen molar-refractivity contribution in [2.75, 3.05) is 50.1 Å². The molecule has 1 aliphatic heterocycles. The third-order valence-electron chi connectivity index (χ3n) is 6.42. The maximum atomic E-state index is 13.0. The molecule has 182 valence electrons. The van der Waals surface area contributed by atoms with Crippen LogP contribution >= 0.6 is 11.3 Å². The summed E-state index contributed by atoms with van der Waals surface area (Å²) in [5.74, 6) is 1.61. The van der Waals surface area contributed by atoms with Crippen LogP contribution in [0.25, 0.3) is 20.7 Å². The smallest absolute Gasteiger partial charge is 0.228 e. The van der Waals surface area contributed by atoms with Crippen LogP contribution in [0.3, 0.4) is 0 Å². The first-order chi connectivity index (χ1) is 16.9. The van der Waals surface area contributed by atoms with Crippen molar-refractivity contribution < 1.29 is 9.59 Å². The van der Waals surface area contributed by atoms with Crippen molar-refractivity contribution in [2.24, 2.45) is 11.0 Å². The lowest BCUT2D eigenvalue weighted by atomic mass is 9.89. The number of piperidine rings is 1. The van der Waals surface area contributed by atoms with E-state index in [1.54, 1.807) is 54.5 Å². The molecule has 1 saturated heterocycles. The van der Waals surface area contributed by atoms with E-state index in [0.29, 0.717) is 30.3 Å². The van der Waals surface area contributed by atoms with Crippen molar-refractivity contribution in [3.63, 3.8) is 0 Å². The van der Waals surface area contributed by atoms with E-state index in [1.807, 2.05) is 23.4 Å². The van der Waals surface area contributed by atoms with Gasteiger partial charge in [-0.15, -0.1) is 11.3 Å². The monoisotopic (exact) mass is 492 g/mol. The molecule has 0 N–H and O–H groups in total. The summed E-state index contributed by atoms with van der Waals surface area (Å²) in [5, 5.41) is 6.60. The number of anilines is 2. The fourth-order valence-corrected chi connectivity index (χ4v) is 4.88. The third kappa shape index (κ3) is 5.52. The van der Waals surface area contributed by atoms with E-state index in [-0.39, 0.29) is 17.6 Å². The quantitative estimate of drug-likeness (QED) is 0.195. The summed E-state index contributed by atoms with van der Waals surface area (Å²) in [5.41, 5.74) is 9.69. The Bertz CT molecular complexity index is 1260. The van der Waals surface area contributed by atoms with Crippen molar-refractivity contribution in [1.29, 1.82) is 0 Å². The van der Waals surface area contributed by atoms with Gasteiger partial charge in [-0.25, -0.2) is 4.98 Å². The van der Waals surface area contributed by atoms with E-state index < -0.39 is 0 Å². The van der Waals surface area contributed by atoms with Crippen LogP contribution < -0.4 is 9.80 Å². The van der Waals surface area contributed by atoms with Crippen LogP contribution in [0, 0.1) is 5.92 Å². The molecule has 1 amide bonds. The Morgan fingerprint density at radius 1 is 1.14 bits per heavy atom. The standard InChI is InChI=1S/C24H28N8O2S/c1-16(33)30(2)13-14-31(3)24-26-22(20-10-15-35-23(20)27-24)32-11-8-18(9-12-32)21(34)17-4-6-19(7-5-17)28-29-25/h4-7,10,15,18H,8-9,11-14H2,1-3H3. The van der Waals surface area contributed by atoms with Gasteiger partial charge in [0.15, 0.2) is 5.78 Å². The van der Waals surface area contributed by atoms with E-state index in [4.69, 9.17) is 15.5 Å². The SMILES string of the molecule is CC(=O)N(C)CCN(C)c1nc(N2CCC(C(=O)c3ccc(N=[N+]=[N-])cc3)CC2)c2ccsc2n1. The number of azide groups is 1. The van der Waals surface area contributed by atoms with Crippen molar-refractivity contribution in [3.8, 4) is 0 Å². The largest absolute Gasteiger partial charge is 0.356 e. The molecule has 0 bridgehead atoms. The zero-order chi connectivity index (χ0) is 24.9. The molecule has 3 aromatic rings.